The lowest BCUT2D eigenvalue weighted by molar-refractivity contribution is 0.106. The van der Waals surface area contributed by atoms with Crippen LogP contribution in [-0.2, 0) is 0 Å². The van der Waals surface area contributed by atoms with Crippen molar-refractivity contribution >= 4 is 6.09 Å². The molecule has 0 bridgehead atoms. The third kappa shape index (κ3) is 2.12. The van der Waals surface area contributed by atoms with E-state index in [0.29, 0.717) is 6.54 Å². The molecule has 1 N–H and O–H groups in total. The lowest BCUT2D eigenvalue weighted by Gasteiger charge is -2.33. The highest BCUT2D eigenvalue weighted by Crippen LogP contribution is 2.30. The SMILES string of the molecule is O=C(O)N1CCCCC1c1ccccc1. The zero-order chi connectivity index (χ0) is 10.7. The quantitative estimate of drug-likeness (QED) is 0.765. The molecular weight excluding hydrogens is 190 g/mol. The van der Waals surface area contributed by atoms with Gasteiger partial charge in [-0.3, -0.25) is 0 Å². The summed E-state index contributed by atoms with van der Waals surface area (Å²) in [6.07, 6.45) is 2.23. The zero-order valence-electron chi connectivity index (χ0n) is 8.60. The van der Waals surface area contributed by atoms with Gasteiger partial charge in [0.25, 0.3) is 0 Å². The minimum absolute atomic E-state index is 0.0532. The largest absolute Gasteiger partial charge is 0.465 e. The van der Waals surface area contributed by atoms with Gasteiger partial charge in [-0.15, -0.1) is 0 Å². The van der Waals surface area contributed by atoms with Crippen molar-refractivity contribution in [3.8, 4) is 0 Å². The number of carbonyl (C=O) groups is 1. The minimum atomic E-state index is -0.802. The summed E-state index contributed by atoms with van der Waals surface area (Å²) in [7, 11) is 0. The predicted molar refractivity (Wildman–Crippen MR) is 57.8 cm³/mol. The van der Waals surface area contributed by atoms with Crippen LogP contribution in [0.5, 0.6) is 0 Å². The first-order valence-electron chi connectivity index (χ1n) is 5.33. The Hall–Kier alpha value is -1.51. The summed E-state index contributed by atoms with van der Waals surface area (Å²) < 4.78 is 0. The van der Waals surface area contributed by atoms with Crippen molar-refractivity contribution in [3.63, 3.8) is 0 Å². The van der Waals surface area contributed by atoms with Gasteiger partial charge in [0.05, 0.1) is 6.04 Å². The Balaban J connectivity index is 2.22. The Morgan fingerprint density at radius 3 is 2.67 bits per heavy atom. The molecule has 3 nitrogen and oxygen atoms in total. The Morgan fingerprint density at radius 1 is 1.27 bits per heavy atom. The van der Waals surface area contributed by atoms with E-state index in [1.54, 1.807) is 4.90 Å². The summed E-state index contributed by atoms with van der Waals surface area (Å²) >= 11 is 0. The predicted octanol–water partition coefficient (Wildman–Crippen LogP) is 2.89. The maximum Gasteiger partial charge on any atom is 0.407 e. The highest BCUT2D eigenvalue weighted by Gasteiger charge is 2.27. The van der Waals surface area contributed by atoms with E-state index in [-0.39, 0.29) is 6.04 Å². The van der Waals surface area contributed by atoms with Crippen LogP contribution < -0.4 is 0 Å². The van der Waals surface area contributed by atoms with Crippen LogP contribution in [0.4, 0.5) is 4.79 Å². The fourth-order valence-corrected chi connectivity index (χ4v) is 2.18. The summed E-state index contributed by atoms with van der Waals surface area (Å²) in [6, 6.07) is 9.95. The van der Waals surface area contributed by atoms with Crippen LogP contribution in [0.25, 0.3) is 0 Å². The molecule has 1 amide bonds. The lowest BCUT2D eigenvalue weighted by Crippen LogP contribution is -2.37. The van der Waals surface area contributed by atoms with E-state index in [2.05, 4.69) is 0 Å². The highest BCUT2D eigenvalue weighted by molar-refractivity contribution is 5.66. The van der Waals surface area contributed by atoms with Crippen LogP contribution >= 0.6 is 0 Å². The van der Waals surface area contributed by atoms with Gasteiger partial charge < -0.3 is 10.0 Å². The summed E-state index contributed by atoms with van der Waals surface area (Å²) in [5.41, 5.74) is 1.11. The number of nitrogens with zero attached hydrogens (tertiary/aromatic N) is 1. The molecule has 1 unspecified atom stereocenters. The fraction of sp³-hybridized carbons (Fsp3) is 0.417. The molecule has 0 saturated carbocycles. The van der Waals surface area contributed by atoms with E-state index in [4.69, 9.17) is 5.11 Å². The number of piperidine rings is 1. The Bertz CT molecular complexity index is 337. The fourth-order valence-electron chi connectivity index (χ4n) is 2.18. The Kier molecular flexibility index (Phi) is 2.90. The van der Waals surface area contributed by atoms with Gasteiger partial charge in [0.2, 0.25) is 0 Å². The average molecular weight is 205 g/mol. The molecule has 3 heteroatoms. The maximum atomic E-state index is 11.1. The molecule has 80 valence electrons. The van der Waals surface area contributed by atoms with Crippen molar-refractivity contribution in [2.45, 2.75) is 25.3 Å². The second-order valence-electron chi connectivity index (χ2n) is 3.90. The standard InChI is InChI=1S/C12H15NO2/c14-12(15)13-9-5-4-8-11(13)10-6-2-1-3-7-10/h1-3,6-7,11H,4-5,8-9H2,(H,14,15). The van der Waals surface area contributed by atoms with Crippen LogP contribution in [0.2, 0.25) is 0 Å². The zero-order valence-corrected chi connectivity index (χ0v) is 8.60. The smallest absolute Gasteiger partial charge is 0.407 e. The number of rotatable bonds is 1. The van der Waals surface area contributed by atoms with Crippen molar-refractivity contribution in [1.82, 2.24) is 4.90 Å². The van der Waals surface area contributed by atoms with E-state index >= 15 is 0 Å². The molecule has 0 aromatic heterocycles. The number of carboxylic acid groups (broad SMARTS) is 1. The summed E-state index contributed by atoms with van der Waals surface area (Å²) in [5.74, 6) is 0. The maximum absolute atomic E-state index is 11.1. The van der Waals surface area contributed by atoms with Crippen molar-refractivity contribution in [2.75, 3.05) is 6.54 Å². The van der Waals surface area contributed by atoms with Gasteiger partial charge in [0.1, 0.15) is 0 Å². The Labute approximate surface area is 89.3 Å². The lowest BCUT2D eigenvalue weighted by atomic mass is 9.96. The molecule has 2 rings (SSSR count). The van der Waals surface area contributed by atoms with Gasteiger partial charge >= 0.3 is 6.09 Å². The van der Waals surface area contributed by atoms with Crippen molar-refractivity contribution in [3.05, 3.63) is 35.9 Å². The number of benzene rings is 1. The van der Waals surface area contributed by atoms with Gasteiger partial charge in [0, 0.05) is 6.54 Å². The van der Waals surface area contributed by atoms with E-state index in [9.17, 15) is 4.79 Å². The summed E-state index contributed by atoms with van der Waals surface area (Å²) in [4.78, 5) is 12.6. The van der Waals surface area contributed by atoms with Crippen LogP contribution in [0.15, 0.2) is 30.3 Å². The van der Waals surface area contributed by atoms with Crippen LogP contribution in [0, 0.1) is 0 Å². The molecule has 1 aliphatic heterocycles. The van der Waals surface area contributed by atoms with E-state index in [0.717, 1.165) is 24.8 Å². The first kappa shape index (κ1) is 10.0. The second-order valence-corrected chi connectivity index (χ2v) is 3.90. The highest BCUT2D eigenvalue weighted by atomic mass is 16.4. The number of hydrogen-bond donors (Lipinski definition) is 1. The van der Waals surface area contributed by atoms with Crippen LogP contribution in [0.1, 0.15) is 30.9 Å². The van der Waals surface area contributed by atoms with Crippen molar-refractivity contribution in [2.24, 2.45) is 0 Å². The summed E-state index contributed by atoms with van der Waals surface area (Å²) in [6.45, 7) is 0.662. The Morgan fingerprint density at radius 2 is 2.00 bits per heavy atom. The van der Waals surface area contributed by atoms with Gasteiger partial charge in [-0.05, 0) is 24.8 Å². The van der Waals surface area contributed by atoms with Gasteiger partial charge in [-0.2, -0.15) is 0 Å². The van der Waals surface area contributed by atoms with E-state index in [1.807, 2.05) is 30.3 Å². The topological polar surface area (TPSA) is 40.5 Å². The molecule has 0 aliphatic carbocycles. The third-order valence-electron chi connectivity index (χ3n) is 2.93. The molecule has 0 spiro atoms. The molecule has 0 radical (unpaired) electrons. The minimum Gasteiger partial charge on any atom is -0.465 e. The van der Waals surface area contributed by atoms with Crippen LogP contribution in [-0.4, -0.2) is 22.6 Å². The molecule has 1 aromatic carbocycles. The molecular formula is C12H15NO2. The molecule has 1 atom stereocenters. The van der Waals surface area contributed by atoms with Gasteiger partial charge in [-0.25, -0.2) is 4.79 Å². The van der Waals surface area contributed by atoms with E-state index in [1.165, 1.54) is 0 Å². The number of amides is 1. The first-order valence-corrected chi connectivity index (χ1v) is 5.33. The molecule has 15 heavy (non-hydrogen) atoms. The van der Waals surface area contributed by atoms with Crippen LogP contribution in [0.3, 0.4) is 0 Å². The van der Waals surface area contributed by atoms with E-state index < -0.39 is 6.09 Å². The second kappa shape index (κ2) is 4.34. The molecule has 1 fully saturated rings. The number of hydrogen-bond acceptors (Lipinski definition) is 1. The van der Waals surface area contributed by atoms with Crippen molar-refractivity contribution < 1.29 is 9.90 Å². The molecule has 1 heterocycles. The number of likely N-dealkylation sites (tertiary alicyclic amines) is 1. The molecule has 1 saturated heterocycles. The third-order valence-corrected chi connectivity index (χ3v) is 2.93. The first-order chi connectivity index (χ1) is 7.29. The van der Waals surface area contributed by atoms with Crippen molar-refractivity contribution in [1.29, 1.82) is 0 Å². The molecule has 1 aliphatic rings. The summed E-state index contributed by atoms with van der Waals surface area (Å²) in [5, 5.41) is 9.10. The van der Waals surface area contributed by atoms with Gasteiger partial charge in [0.15, 0.2) is 0 Å². The molecule has 1 aromatic rings. The van der Waals surface area contributed by atoms with Gasteiger partial charge in [-0.1, -0.05) is 30.3 Å². The monoisotopic (exact) mass is 205 g/mol. The normalized spacial score (nSPS) is 21.3. The average Bonchev–Trinajstić information content (AvgIpc) is 2.30.